The van der Waals surface area contributed by atoms with Gasteiger partial charge in [-0.05, 0) is 42.5 Å². The van der Waals surface area contributed by atoms with E-state index in [-0.39, 0.29) is 17.0 Å². The lowest BCUT2D eigenvalue weighted by atomic mass is 10.1. The second-order valence-electron chi connectivity index (χ2n) is 6.31. The highest BCUT2D eigenvalue weighted by Gasteiger charge is 2.37. The van der Waals surface area contributed by atoms with Crippen LogP contribution >= 0.6 is 11.8 Å². The molecule has 6 nitrogen and oxygen atoms in total. The van der Waals surface area contributed by atoms with E-state index in [1.54, 1.807) is 0 Å². The Balaban J connectivity index is 1.72. The van der Waals surface area contributed by atoms with E-state index in [2.05, 4.69) is 10.2 Å². The summed E-state index contributed by atoms with van der Waals surface area (Å²) in [7, 11) is 0. The molecular formula is C18H12F7N5OS. The molecule has 0 saturated heterocycles. The maximum Gasteiger partial charge on any atom is 0.416 e. The molecule has 0 bridgehead atoms. The van der Waals surface area contributed by atoms with E-state index < -0.39 is 46.6 Å². The van der Waals surface area contributed by atoms with Crippen LogP contribution in [-0.4, -0.2) is 26.5 Å². The molecule has 170 valence electrons. The van der Waals surface area contributed by atoms with E-state index in [9.17, 15) is 35.5 Å². The van der Waals surface area contributed by atoms with Gasteiger partial charge in [-0.25, -0.2) is 9.07 Å². The quantitative estimate of drug-likeness (QED) is 0.318. The van der Waals surface area contributed by atoms with Crippen LogP contribution in [0, 0.1) is 5.82 Å². The molecule has 3 aromatic rings. The number of aromatic nitrogens is 3. The largest absolute Gasteiger partial charge is 0.416 e. The number of carbonyl (C=O) groups excluding carboxylic acids is 1. The number of nitrogens with two attached hydrogens (primary N) is 1. The maximum absolute atomic E-state index is 13.0. The Labute approximate surface area is 179 Å². The second kappa shape index (κ2) is 8.68. The van der Waals surface area contributed by atoms with Crippen molar-refractivity contribution in [2.75, 3.05) is 16.9 Å². The predicted molar refractivity (Wildman–Crippen MR) is 101 cm³/mol. The third-order valence-electron chi connectivity index (χ3n) is 3.97. The van der Waals surface area contributed by atoms with Crippen LogP contribution in [0.15, 0.2) is 47.6 Å². The highest BCUT2D eigenvalue weighted by Crippen LogP contribution is 2.37. The summed E-state index contributed by atoms with van der Waals surface area (Å²) < 4.78 is 91.5. The topological polar surface area (TPSA) is 85.8 Å². The summed E-state index contributed by atoms with van der Waals surface area (Å²) in [5.41, 5.74) is -3.35. The van der Waals surface area contributed by atoms with Crippen molar-refractivity contribution >= 4 is 23.4 Å². The van der Waals surface area contributed by atoms with Crippen molar-refractivity contribution < 1.29 is 35.5 Å². The minimum atomic E-state index is -5.04. The van der Waals surface area contributed by atoms with Crippen molar-refractivity contribution in [2.24, 2.45) is 0 Å². The first-order chi connectivity index (χ1) is 14.8. The number of nitrogens with zero attached hydrogens (tertiary/aromatic N) is 3. The number of carbonyl (C=O) groups is 1. The molecule has 0 aliphatic rings. The van der Waals surface area contributed by atoms with E-state index in [0.717, 1.165) is 16.4 Å². The predicted octanol–water partition coefficient (Wildman–Crippen LogP) is 4.57. The van der Waals surface area contributed by atoms with Gasteiger partial charge in [-0.2, -0.15) is 26.3 Å². The van der Waals surface area contributed by atoms with Crippen LogP contribution in [0.4, 0.5) is 36.4 Å². The number of hydrogen-bond acceptors (Lipinski definition) is 5. The first-order valence-corrected chi connectivity index (χ1v) is 9.51. The van der Waals surface area contributed by atoms with Crippen LogP contribution in [0.3, 0.4) is 0 Å². The van der Waals surface area contributed by atoms with Crippen LogP contribution in [0.2, 0.25) is 0 Å². The van der Waals surface area contributed by atoms with Gasteiger partial charge in [0.2, 0.25) is 11.1 Å². The smallest absolute Gasteiger partial charge is 0.335 e. The molecule has 0 radical (unpaired) electrons. The standard InChI is InChI=1S/C18H12F7N5OS/c19-12-3-1-9(2-4-12)15-28-29-16(30(15)26)32-8-14(31)27-13-6-10(17(20,21)22)5-11(7-13)18(23,24)25/h1-7H,8,26H2,(H,27,31). The van der Waals surface area contributed by atoms with E-state index in [1.165, 1.54) is 24.3 Å². The monoisotopic (exact) mass is 479 g/mol. The van der Waals surface area contributed by atoms with Gasteiger partial charge in [0.1, 0.15) is 5.82 Å². The van der Waals surface area contributed by atoms with E-state index in [1.807, 2.05) is 5.32 Å². The third kappa shape index (κ3) is 5.49. The molecule has 3 rings (SSSR count). The molecule has 32 heavy (non-hydrogen) atoms. The molecule has 1 amide bonds. The van der Waals surface area contributed by atoms with Crippen molar-refractivity contribution in [3.63, 3.8) is 0 Å². The molecule has 0 atom stereocenters. The average Bonchev–Trinajstić information content (AvgIpc) is 3.06. The van der Waals surface area contributed by atoms with Gasteiger partial charge >= 0.3 is 12.4 Å². The number of nitrogen functional groups attached to an aromatic ring is 1. The SMILES string of the molecule is Nn1c(SCC(=O)Nc2cc(C(F)(F)F)cc(C(F)(F)F)c2)nnc1-c1ccc(F)cc1. The van der Waals surface area contributed by atoms with Gasteiger partial charge in [0.05, 0.1) is 16.9 Å². The fourth-order valence-corrected chi connectivity index (χ4v) is 3.18. The molecule has 0 fully saturated rings. The zero-order chi connectivity index (χ0) is 23.7. The van der Waals surface area contributed by atoms with Crippen LogP contribution < -0.4 is 11.2 Å². The van der Waals surface area contributed by atoms with Crippen LogP contribution in [0.25, 0.3) is 11.4 Å². The van der Waals surface area contributed by atoms with E-state index in [4.69, 9.17) is 5.84 Å². The lowest BCUT2D eigenvalue weighted by Gasteiger charge is -2.14. The van der Waals surface area contributed by atoms with Crippen molar-refractivity contribution in [1.29, 1.82) is 0 Å². The molecule has 0 saturated carbocycles. The average molecular weight is 479 g/mol. The summed E-state index contributed by atoms with van der Waals surface area (Å²) in [6, 6.07) is 5.90. The van der Waals surface area contributed by atoms with Gasteiger partial charge in [-0.3, -0.25) is 4.79 Å². The Hall–Kier alpha value is -3.29. The normalized spacial score (nSPS) is 12.1. The molecule has 3 N–H and O–H groups in total. The summed E-state index contributed by atoms with van der Waals surface area (Å²) in [4.78, 5) is 12.1. The van der Waals surface area contributed by atoms with Gasteiger partial charge in [0, 0.05) is 11.3 Å². The summed E-state index contributed by atoms with van der Waals surface area (Å²) in [5.74, 6) is 4.19. The minimum Gasteiger partial charge on any atom is -0.335 e. The first-order valence-electron chi connectivity index (χ1n) is 8.53. The van der Waals surface area contributed by atoms with Crippen LogP contribution in [0.1, 0.15) is 11.1 Å². The fraction of sp³-hybridized carbons (Fsp3) is 0.167. The molecule has 14 heteroatoms. The number of anilines is 1. The molecular weight excluding hydrogens is 467 g/mol. The van der Waals surface area contributed by atoms with Crippen LogP contribution in [-0.2, 0) is 17.1 Å². The minimum absolute atomic E-state index is 0.0412. The Bertz CT molecular complexity index is 1090. The number of rotatable bonds is 5. The number of thioether (sulfide) groups is 1. The number of amides is 1. The zero-order valence-electron chi connectivity index (χ0n) is 15.6. The van der Waals surface area contributed by atoms with Gasteiger partial charge in [0.15, 0.2) is 5.82 Å². The molecule has 2 aromatic carbocycles. The number of nitrogens with one attached hydrogen (secondary N) is 1. The molecule has 0 aliphatic carbocycles. The van der Waals surface area contributed by atoms with E-state index in [0.29, 0.717) is 17.7 Å². The lowest BCUT2D eigenvalue weighted by Crippen LogP contribution is -2.18. The number of benzene rings is 2. The Morgan fingerprint density at radius 2 is 1.53 bits per heavy atom. The highest BCUT2D eigenvalue weighted by molar-refractivity contribution is 7.99. The lowest BCUT2D eigenvalue weighted by molar-refractivity contribution is -0.143. The summed E-state index contributed by atoms with van der Waals surface area (Å²) in [6.07, 6.45) is -10.1. The van der Waals surface area contributed by atoms with Gasteiger partial charge < -0.3 is 11.2 Å². The Morgan fingerprint density at radius 1 is 0.969 bits per heavy atom. The molecule has 0 spiro atoms. The molecule has 1 heterocycles. The van der Waals surface area contributed by atoms with Crippen LogP contribution in [0.5, 0.6) is 0 Å². The maximum atomic E-state index is 13.0. The Morgan fingerprint density at radius 3 is 2.06 bits per heavy atom. The molecule has 0 unspecified atom stereocenters. The first kappa shape index (κ1) is 23.4. The summed E-state index contributed by atoms with van der Waals surface area (Å²) >= 11 is 0.746. The summed E-state index contributed by atoms with van der Waals surface area (Å²) in [5, 5.41) is 9.63. The summed E-state index contributed by atoms with van der Waals surface area (Å²) in [6.45, 7) is 0. The molecule has 1 aromatic heterocycles. The number of alkyl halides is 6. The third-order valence-corrected chi connectivity index (χ3v) is 4.91. The van der Waals surface area contributed by atoms with Crippen molar-refractivity contribution in [1.82, 2.24) is 14.9 Å². The van der Waals surface area contributed by atoms with Gasteiger partial charge in [-0.1, -0.05) is 11.8 Å². The highest BCUT2D eigenvalue weighted by atomic mass is 32.2. The molecule has 0 aliphatic heterocycles. The number of halogens is 7. The fourth-order valence-electron chi connectivity index (χ4n) is 2.53. The van der Waals surface area contributed by atoms with E-state index >= 15 is 0 Å². The van der Waals surface area contributed by atoms with Crippen molar-refractivity contribution in [3.05, 3.63) is 59.4 Å². The Kier molecular flexibility index (Phi) is 6.34. The van der Waals surface area contributed by atoms with Crippen molar-refractivity contribution in [3.8, 4) is 11.4 Å². The number of hydrogen-bond donors (Lipinski definition) is 2. The second-order valence-corrected chi connectivity index (χ2v) is 7.26. The zero-order valence-corrected chi connectivity index (χ0v) is 16.4. The van der Waals surface area contributed by atoms with Gasteiger partial charge in [0.25, 0.3) is 0 Å². The van der Waals surface area contributed by atoms with Crippen molar-refractivity contribution in [2.45, 2.75) is 17.5 Å². The van der Waals surface area contributed by atoms with Gasteiger partial charge in [-0.15, -0.1) is 10.2 Å².